The van der Waals surface area contributed by atoms with Gasteiger partial charge in [-0.05, 0) is 13.3 Å². The van der Waals surface area contributed by atoms with Crippen molar-refractivity contribution >= 4 is 5.82 Å². The molecule has 1 heterocycles. The lowest BCUT2D eigenvalue weighted by Gasteiger charge is -2.20. The second-order valence-electron chi connectivity index (χ2n) is 5.25. The fourth-order valence-corrected chi connectivity index (χ4v) is 1.45. The third-order valence-corrected chi connectivity index (χ3v) is 2.57. The topological polar surface area (TPSA) is 47.0 Å². The van der Waals surface area contributed by atoms with Gasteiger partial charge < -0.3 is 10.1 Å². The third kappa shape index (κ3) is 3.45. The first kappa shape index (κ1) is 14.5. The summed E-state index contributed by atoms with van der Waals surface area (Å²) in [6.45, 7) is 12.5. The van der Waals surface area contributed by atoms with Crippen molar-refractivity contribution in [2.24, 2.45) is 0 Å². The zero-order valence-corrected chi connectivity index (χ0v) is 12.0. The molecule has 0 spiro atoms. The number of hydrogen-bond donors (Lipinski definition) is 1. The second kappa shape index (κ2) is 5.85. The van der Waals surface area contributed by atoms with Gasteiger partial charge in [0.25, 0.3) is 0 Å². The van der Waals surface area contributed by atoms with Crippen molar-refractivity contribution in [1.82, 2.24) is 9.97 Å². The number of aromatic nitrogens is 2. The first-order chi connectivity index (χ1) is 8.40. The quantitative estimate of drug-likeness (QED) is 0.643. The van der Waals surface area contributed by atoms with E-state index in [9.17, 15) is 0 Å². The van der Waals surface area contributed by atoms with E-state index in [0.29, 0.717) is 12.5 Å². The van der Waals surface area contributed by atoms with Crippen molar-refractivity contribution in [3.05, 3.63) is 24.0 Å². The normalized spacial score (nSPS) is 11.2. The average Bonchev–Trinajstić information content (AvgIpc) is 2.30. The zero-order chi connectivity index (χ0) is 13.8. The van der Waals surface area contributed by atoms with Gasteiger partial charge in [0.15, 0.2) is 0 Å². The van der Waals surface area contributed by atoms with Crippen LogP contribution in [0.15, 0.2) is 12.7 Å². The molecule has 4 heteroatoms. The number of nitrogens with zero attached hydrogens (tertiary/aromatic N) is 2. The van der Waals surface area contributed by atoms with Gasteiger partial charge in [-0.3, -0.25) is 0 Å². The molecular weight excluding hydrogens is 226 g/mol. The van der Waals surface area contributed by atoms with E-state index in [0.717, 1.165) is 23.6 Å². The van der Waals surface area contributed by atoms with Crippen LogP contribution in [-0.4, -0.2) is 23.6 Å². The summed E-state index contributed by atoms with van der Waals surface area (Å²) in [7, 11) is 1.86. The van der Waals surface area contributed by atoms with Crippen LogP contribution in [0.4, 0.5) is 5.82 Å². The Morgan fingerprint density at radius 3 is 2.50 bits per heavy atom. The summed E-state index contributed by atoms with van der Waals surface area (Å²) in [6, 6.07) is 0. The highest BCUT2D eigenvalue weighted by molar-refractivity contribution is 5.48. The molecule has 0 aromatic carbocycles. The third-order valence-electron chi connectivity index (χ3n) is 2.57. The van der Waals surface area contributed by atoms with Crippen LogP contribution in [-0.2, 0) is 5.41 Å². The van der Waals surface area contributed by atoms with Gasteiger partial charge in [0.1, 0.15) is 11.6 Å². The molecule has 1 N–H and O–H groups in total. The molecule has 0 radical (unpaired) electrons. The van der Waals surface area contributed by atoms with E-state index in [1.54, 1.807) is 0 Å². The summed E-state index contributed by atoms with van der Waals surface area (Å²) in [4.78, 5) is 9.04. The van der Waals surface area contributed by atoms with Gasteiger partial charge in [-0.2, -0.15) is 4.98 Å². The van der Waals surface area contributed by atoms with Gasteiger partial charge in [-0.15, -0.1) is 6.58 Å². The van der Waals surface area contributed by atoms with E-state index >= 15 is 0 Å². The molecule has 0 atom stereocenters. The molecule has 1 rings (SSSR count). The maximum atomic E-state index is 5.69. The van der Waals surface area contributed by atoms with Crippen LogP contribution in [0.3, 0.4) is 0 Å². The molecule has 18 heavy (non-hydrogen) atoms. The Kier molecular flexibility index (Phi) is 4.70. The molecule has 0 bridgehead atoms. The molecule has 0 unspecified atom stereocenters. The lowest BCUT2D eigenvalue weighted by molar-refractivity contribution is 0.306. The Bertz CT molecular complexity index is 422. The lowest BCUT2D eigenvalue weighted by atomic mass is 9.95. The van der Waals surface area contributed by atoms with Crippen LogP contribution in [0.2, 0.25) is 0 Å². The molecule has 0 aliphatic heterocycles. The SMILES string of the molecule is C=CCCOc1nc(C(C)(C)C)nc(NC)c1C. The number of nitrogens with one attached hydrogen (secondary N) is 1. The predicted octanol–water partition coefficient (Wildman–Crippen LogP) is 3.08. The van der Waals surface area contributed by atoms with E-state index in [-0.39, 0.29) is 5.41 Å². The fraction of sp³-hybridized carbons (Fsp3) is 0.571. The van der Waals surface area contributed by atoms with Crippen molar-refractivity contribution in [2.75, 3.05) is 19.0 Å². The molecular formula is C14H23N3O. The van der Waals surface area contributed by atoms with Crippen LogP contribution >= 0.6 is 0 Å². The summed E-state index contributed by atoms with van der Waals surface area (Å²) >= 11 is 0. The summed E-state index contributed by atoms with van der Waals surface area (Å²) in [5.74, 6) is 2.26. The maximum absolute atomic E-state index is 5.69. The number of hydrogen-bond acceptors (Lipinski definition) is 4. The standard InChI is InChI=1S/C14H23N3O/c1-7-8-9-18-12-10(2)11(15-6)16-13(17-12)14(3,4)5/h7H,1,8-9H2,2-6H3,(H,15,16,17). The van der Waals surface area contributed by atoms with Gasteiger partial charge in [0.2, 0.25) is 5.88 Å². The first-order valence-electron chi connectivity index (χ1n) is 6.20. The Morgan fingerprint density at radius 2 is 2.00 bits per heavy atom. The van der Waals surface area contributed by atoms with Gasteiger partial charge in [0.05, 0.1) is 12.2 Å². The average molecular weight is 249 g/mol. The first-order valence-corrected chi connectivity index (χ1v) is 6.20. The van der Waals surface area contributed by atoms with Gasteiger partial charge in [-0.25, -0.2) is 4.98 Å². The highest BCUT2D eigenvalue weighted by Crippen LogP contribution is 2.27. The van der Waals surface area contributed by atoms with Crippen LogP contribution in [0.5, 0.6) is 5.88 Å². The van der Waals surface area contributed by atoms with E-state index in [1.807, 2.05) is 20.0 Å². The van der Waals surface area contributed by atoms with E-state index < -0.39 is 0 Å². The van der Waals surface area contributed by atoms with E-state index in [1.165, 1.54) is 0 Å². The molecule has 100 valence electrons. The van der Waals surface area contributed by atoms with Gasteiger partial charge >= 0.3 is 0 Å². The Morgan fingerprint density at radius 1 is 1.33 bits per heavy atom. The van der Waals surface area contributed by atoms with E-state index in [4.69, 9.17) is 4.74 Å². The van der Waals surface area contributed by atoms with Gasteiger partial charge in [-0.1, -0.05) is 26.8 Å². The fourth-order valence-electron chi connectivity index (χ4n) is 1.45. The molecule has 1 aromatic rings. The highest BCUT2D eigenvalue weighted by atomic mass is 16.5. The molecule has 0 fully saturated rings. The molecule has 0 aliphatic carbocycles. The van der Waals surface area contributed by atoms with Crippen molar-refractivity contribution in [3.63, 3.8) is 0 Å². The molecule has 0 saturated carbocycles. The minimum absolute atomic E-state index is 0.101. The molecule has 0 aliphatic rings. The number of rotatable bonds is 5. The van der Waals surface area contributed by atoms with Gasteiger partial charge in [0, 0.05) is 12.5 Å². The van der Waals surface area contributed by atoms with Crippen LogP contribution in [0.1, 0.15) is 38.6 Å². The smallest absolute Gasteiger partial charge is 0.221 e. The van der Waals surface area contributed by atoms with Crippen LogP contribution in [0, 0.1) is 6.92 Å². The number of anilines is 1. The van der Waals surface area contributed by atoms with Crippen molar-refractivity contribution < 1.29 is 4.74 Å². The summed E-state index contributed by atoms with van der Waals surface area (Å²) in [5.41, 5.74) is 0.838. The minimum Gasteiger partial charge on any atom is -0.477 e. The van der Waals surface area contributed by atoms with Crippen molar-refractivity contribution in [2.45, 2.75) is 39.5 Å². The maximum Gasteiger partial charge on any atom is 0.221 e. The Labute approximate surface area is 109 Å². The summed E-state index contributed by atoms with van der Waals surface area (Å²) in [6.07, 6.45) is 2.64. The minimum atomic E-state index is -0.101. The van der Waals surface area contributed by atoms with Crippen molar-refractivity contribution in [1.29, 1.82) is 0 Å². The largest absolute Gasteiger partial charge is 0.477 e. The molecule has 4 nitrogen and oxygen atoms in total. The Balaban J connectivity index is 3.10. The summed E-state index contributed by atoms with van der Waals surface area (Å²) in [5, 5.41) is 3.09. The summed E-state index contributed by atoms with van der Waals surface area (Å²) < 4.78 is 5.69. The lowest BCUT2D eigenvalue weighted by Crippen LogP contribution is -2.18. The number of ether oxygens (including phenoxy) is 1. The highest BCUT2D eigenvalue weighted by Gasteiger charge is 2.21. The van der Waals surface area contributed by atoms with E-state index in [2.05, 4.69) is 42.6 Å². The van der Waals surface area contributed by atoms with Crippen LogP contribution < -0.4 is 10.1 Å². The predicted molar refractivity (Wildman–Crippen MR) is 75.3 cm³/mol. The second-order valence-corrected chi connectivity index (χ2v) is 5.25. The molecule has 1 aromatic heterocycles. The Hall–Kier alpha value is -1.58. The van der Waals surface area contributed by atoms with Crippen molar-refractivity contribution in [3.8, 4) is 5.88 Å². The monoisotopic (exact) mass is 249 g/mol. The molecule has 0 saturated heterocycles. The molecule has 0 amide bonds. The zero-order valence-electron chi connectivity index (χ0n) is 12.0. The van der Waals surface area contributed by atoms with Crippen LogP contribution in [0.25, 0.3) is 0 Å².